The highest BCUT2D eigenvalue weighted by molar-refractivity contribution is 6.74. The van der Waals surface area contributed by atoms with E-state index in [1.54, 1.807) is 0 Å². The molecule has 0 spiro atoms. The molecule has 1 aromatic rings. The second kappa shape index (κ2) is 8.55. The van der Waals surface area contributed by atoms with E-state index in [1.807, 2.05) is 0 Å². The second-order valence-corrected chi connectivity index (χ2v) is 20.9. The van der Waals surface area contributed by atoms with E-state index in [0.717, 1.165) is 4.57 Å². The topological polar surface area (TPSA) is 99.6 Å². The third kappa shape index (κ3) is 5.54. The monoisotopic (exact) mass is 470 g/mol. The molecular formula is C21H38N2O6Si2. The molecule has 3 atom stereocenters. The number of Topliss-reactive ketones (excluding diaryl/α,β-unsaturated/α-hetero) is 1. The lowest BCUT2D eigenvalue weighted by Crippen LogP contribution is -2.50. The number of carbonyl (C=O) groups excluding carboxylic acids is 1. The van der Waals surface area contributed by atoms with E-state index < -0.39 is 46.3 Å². The summed E-state index contributed by atoms with van der Waals surface area (Å²) < 4.78 is 20.0. The van der Waals surface area contributed by atoms with Gasteiger partial charge in [-0.2, -0.15) is 0 Å². The summed E-state index contributed by atoms with van der Waals surface area (Å²) in [5.41, 5.74) is -1.22. The molecule has 0 bridgehead atoms. The number of nitrogens with zero attached hydrogens (tertiary/aromatic N) is 1. The van der Waals surface area contributed by atoms with Crippen molar-refractivity contribution in [1.82, 2.24) is 9.55 Å². The Morgan fingerprint density at radius 2 is 1.55 bits per heavy atom. The summed E-state index contributed by atoms with van der Waals surface area (Å²) in [6, 6.07) is 1.20. The third-order valence-electron chi connectivity index (χ3n) is 6.91. The molecular weight excluding hydrogens is 432 g/mol. The SMILES string of the molecule is CC(C)(C)[Si](C)(C)OC[C@H]1OC(n2ccc(=O)[nH]c2=O)C(=O)[C@@H]1O[Si](C)(C)C(C)(C)C. The van der Waals surface area contributed by atoms with Crippen molar-refractivity contribution in [3.05, 3.63) is 33.1 Å². The van der Waals surface area contributed by atoms with Gasteiger partial charge in [-0.25, -0.2) is 4.79 Å². The average Bonchev–Trinajstić information content (AvgIpc) is 2.87. The molecule has 0 saturated carbocycles. The Kier molecular flexibility index (Phi) is 7.15. The van der Waals surface area contributed by atoms with Crippen LogP contribution in [-0.4, -0.2) is 50.8 Å². The molecule has 8 nitrogen and oxygen atoms in total. The summed E-state index contributed by atoms with van der Waals surface area (Å²) in [6.45, 7) is 21.4. The number of hydrogen-bond acceptors (Lipinski definition) is 6. The highest BCUT2D eigenvalue weighted by Gasteiger charge is 2.51. The molecule has 31 heavy (non-hydrogen) atoms. The van der Waals surface area contributed by atoms with Gasteiger partial charge in [0.05, 0.1) is 6.61 Å². The van der Waals surface area contributed by atoms with Crippen LogP contribution >= 0.6 is 0 Å². The van der Waals surface area contributed by atoms with Gasteiger partial charge in [-0.15, -0.1) is 0 Å². The number of aromatic nitrogens is 2. The highest BCUT2D eigenvalue weighted by atomic mass is 28.4. The maximum atomic E-state index is 13.4. The Morgan fingerprint density at radius 1 is 1.00 bits per heavy atom. The fraction of sp³-hybridized carbons (Fsp3) is 0.762. The first-order valence-electron chi connectivity index (χ1n) is 10.7. The minimum atomic E-state index is -2.31. The fourth-order valence-electron chi connectivity index (χ4n) is 2.70. The normalized spacial score (nSPS) is 23.4. The smallest absolute Gasteiger partial charge is 0.330 e. The Balaban J connectivity index is 2.38. The minimum absolute atomic E-state index is 0.000649. The lowest BCUT2D eigenvalue weighted by Gasteiger charge is -2.40. The van der Waals surface area contributed by atoms with E-state index in [9.17, 15) is 14.4 Å². The Labute approximate surface area is 186 Å². The van der Waals surface area contributed by atoms with Crippen molar-refractivity contribution in [2.24, 2.45) is 0 Å². The van der Waals surface area contributed by atoms with E-state index in [-0.39, 0.29) is 22.5 Å². The van der Waals surface area contributed by atoms with Crippen LogP contribution in [-0.2, 0) is 18.4 Å². The molecule has 1 unspecified atom stereocenters. The predicted molar refractivity (Wildman–Crippen MR) is 125 cm³/mol. The molecule has 176 valence electrons. The van der Waals surface area contributed by atoms with Crippen molar-refractivity contribution >= 4 is 22.4 Å². The molecule has 0 amide bonds. The number of ketones is 1. The first kappa shape index (κ1) is 25.9. The van der Waals surface area contributed by atoms with E-state index in [0.29, 0.717) is 0 Å². The standard InChI is InChI=1S/C21H38N2O6Si2/c1-20(2,3)30(7,8)27-13-14-17(29-31(9,10)21(4,5)6)16(25)18(28-14)23-12-11-15(24)22-19(23)26/h11-12,14,17-18H,13H2,1-10H3,(H,22,24,26)/t14-,17-,18?/m1/s1. The summed E-state index contributed by atoms with van der Waals surface area (Å²) >= 11 is 0. The van der Waals surface area contributed by atoms with E-state index in [2.05, 4.69) is 72.7 Å². The number of nitrogens with one attached hydrogen (secondary N) is 1. The molecule has 0 radical (unpaired) electrons. The molecule has 10 heteroatoms. The lowest BCUT2D eigenvalue weighted by atomic mass is 10.1. The zero-order valence-electron chi connectivity index (χ0n) is 20.5. The quantitative estimate of drug-likeness (QED) is 0.640. The highest BCUT2D eigenvalue weighted by Crippen LogP contribution is 2.41. The second-order valence-electron chi connectivity index (χ2n) is 11.3. The molecule has 2 rings (SSSR count). The summed E-state index contributed by atoms with van der Waals surface area (Å²) in [7, 11) is -4.40. The summed E-state index contributed by atoms with van der Waals surface area (Å²) in [4.78, 5) is 39.3. The van der Waals surface area contributed by atoms with Gasteiger partial charge in [-0.05, 0) is 36.3 Å². The van der Waals surface area contributed by atoms with Crippen LogP contribution in [0.1, 0.15) is 47.8 Å². The molecule has 1 N–H and O–H groups in total. The molecule has 0 aliphatic carbocycles. The Hall–Kier alpha value is -1.34. The number of rotatable bonds is 6. The number of aromatic amines is 1. The van der Waals surface area contributed by atoms with Crippen LogP contribution in [0.4, 0.5) is 0 Å². The summed E-state index contributed by atoms with van der Waals surface area (Å²) in [6.07, 6.45) is -1.36. The maximum Gasteiger partial charge on any atom is 0.330 e. The predicted octanol–water partition coefficient (Wildman–Crippen LogP) is 3.42. The van der Waals surface area contributed by atoms with Crippen molar-refractivity contribution in [1.29, 1.82) is 0 Å². The Bertz CT molecular complexity index is 923. The maximum absolute atomic E-state index is 13.4. The largest absolute Gasteiger partial charge is 0.414 e. The number of ether oxygens (including phenoxy) is 1. The van der Waals surface area contributed by atoms with Gasteiger partial charge in [-0.3, -0.25) is 19.1 Å². The minimum Gasteiger partial charge on any atom is -0.414 e. The van der Waals surface area contributed by atoms with Gasteiger partial charge in [0.1, 0.15) is 12.2 Å². The fourth-order valence-corrected chi connectivity index (χ4v) is 4.97. The van der Waals surface area contributed by atoms with Crippen molar-refractivity contribution in [2.45, 2.75) is 96.2 Å². The molecule has 1 aliphatic heterocycles. The van der Waals surface area contributed by atoms with Crippen LogP contribution in [0.2, 0.25) is 36.3 Å². The average molecular weight is 471 g/mol. The van der Waals surface area contributed by atoms with Crippen LogP contribution < -0.4 is 11.2 Å². The molecule has 1 aromatic heterocycles. The van der Waals surface area contributed by atoms with Crippen molar-refractivity contribution in [3.63, 3.8) is 0 Å². The van der Waals surface area contributed by atoms with E-state index in [4.69, 9.17) is 13.6 Å². The van der Waals surface area contributed by atoms with Gasteiger partial charge in [0, 0.05) is 12.3 Å². The van der Waals surface area contributed by atoms with Gasteiger partial charge >= 0.3 is 5.69 Å². The van der Waals surface area contributed by atoms with Crippen LogP contribution in [0.5, 0.6) is 0 Å². The molecule has 1 fully saturated rings. The van der Waals surface area contributed by atoms with Gasteiger partial charge in [0.25, 0.3) is 5.56 Å². The number of carbonyl (C=O) groups is 1. The zero-order valence-corrected chi connectivity index (χ0v) is 22.5. The van der Waals surface area contributed by atoms with Crippen LogP contribution in [0.25, 0.3) is 0 Å². The summed E-state index contributed by atoms with van der Waals surface area (Å²) in [5.74, 6) is -0.331. The Morgan fingerprint density at radius 3 is 2.03 bits per heavy atom. The summed E-state index contributed by atoms with van der Waals surface area (Å²) in [5, 5.41) is -0.105. The first-order valence-corrected chi connectivity index (χ1v) is 16.5. The third-order valence-corrected chi connectivity index (χ3v) is 15.9. The van der Waals surface area contributed by atoms with Crippen molar-refractivity contribution in [2.75, 3.05) is 6.61 Å². The lowest BCUT2D eigenvalue weighted by molar-refractivity contribution is -0.130. The zero-order chi connectivity index (χ0) is 24.0. The van der Waals surface area contributed by atoms with Gasteiger partial charge < -0.3 is 13.6 Å². The van der Waals surface area contributed by atoms with E-state index >= 15 is 0 Å². The molecule has 1 saturated heterocycles. The van der Waals surface area contributed by atoms with Crippen LogP contribution in [0.15, 0.2) is 21.9 Å². The van der Waals surface area contributed by atoms with Gasteiger partial charge in [0.2, 0.25) is 5.78 Å². The van der Waals surface area contributed by atoms with Gasteiger partial charge in [-0.1, -0.05) is 41.5 Å². The van der Waals surface area contributed by atoms with E-state index in [1.165, 1.54) is 12.3 Å². The first-order chi connectivity index (χ1) is 13.9. The molecule has 2 heterocycles. The number of hydrogen-bond donors (Lipinski definition) is 1. The van der Waals surface area contributed by atoms with Gasteiger partial charge in [0.15, 0.2) is 22.9 Å². The van der Waals surface area contributed by atoms with Crippen LogP contribution in [0, 0.1) is 0 Å². The van der Waals surface area contributed by atoms with Crippen LogP contribution in [0.3, 0.4) is 0 Å². The molecule has 1 aliphatic rings. The van der Waals surface area contributed by atoms with Crippen molar-refractivity contribution < 1.29 is 18.4 Å². The number of H-pyrrole nitrogens is 1. The molecule has 0 aromatic carbocycles. The van der Waals surface area contributed by atoms with Crippen molar-refractivity contribution in [3.8, 4) is 0 Å².